The van der Waals surface area contributed by atoms with Crippen LogP contribution >= 0.6 is 0 Å². The lowest BCUT2D eigenvalue weighted by molar-refractivity contribution is 0.227. The molecule has 3 rings (SSSR count). The van der Waals surface area contributed by atoms with Gasteiger partial charge in [0, 0.05) is 19.5 Å². The summed E-state index contributed by atoms with van der Waals surface area (Å²) in [5, 5.41) is 12.2. The van der Waals surface area contributed by atoms with Gasteiger partial charge in [-0.05, 0) is 36.2 Å². The monoisotopic (exact) mass is 278 g/mol. The van der Waals surface area contributed by atoms with Crippen molar-refractivity contribution in [3.63, 3.8) is 0 Å². The molecule has 0 saturated carbocycles. The van der Waals surface area contributed by atoms with Gasteiger partial charge in [0.05, 0.1) is 11.6 Å². The largest absolute Gasteiger partial charge is 0.488 e. The molecule has 21 heavy (non-hydrogen) atoms. The lowest BCUT2D eigenvalue weighted by atomic mass is 10.1. The molecule has 3 nitrogen and oxygen atoms in total. The Kier molecular flexibility index (Phi) is 3.89. The zero-order valence-corrected chi connectivity index (χ0v) is 12.1. The molecule has 1 atom stereocenters. The molecule has 0 bridgehead atoms. The molecule has 0 amide bonds. The van der Waals surface area contributed by atoms with E-state index in [2.05, 4.69) is 36.5 Å². The van der Waals surface area contributed by atoms with Crippen LogP contribution in [0.1, 0.15) is 22.3 Å². The SMILES string of the molecule is Cc1ccc2c(c1)CC(CNCc1ccc(C#N)cc1)O2. The lowest BCUT2D eigenvalue weighted by Crippen LogP contribution is -2.29. The molecular weight excluding hydrogens is 260 g/mol. The number of ether oxygens (including phenoxy) is 1. The number of nitrogens with zero attached hydrogens (tertiary/aromatic N) is 1. The second kappa shape index (κ2) is 5.99. The minimum Gasteiger partial charge on any atom is -0.488 e. The standard InChI is InChI=1S/C18H18N2O/c1-13-2-7-18-16(8-13)9-17(21-18)12-20-11-15-5-3-14(10-19)4-6-15/h2-8,17,20H,9,11-12H2,1H3. The van der Waals surface area contributed by atoms with E-state index in [1.807, 2.05) is 24.3 Å². The maximum atomic E-state index is 8.77. The van der Waals surface area contributed by atoms with E-state index in [9.17, 15) is 0 Å². The summed E-state index contributed by atoms with van der Waals surface area (Å²) in [5.41, 5.74) is 4.47. The van der Waals surface area contributed by atoms with Gasteiger partial charge in [0.25, 0.3) is 0 Å². The highest BCUT2D eigenvalue weighted by atomic mass is 16.5. The zero-order chi connectivity index (χ0) is 14.7. The molecule has 106 valence electrons. The Labute approximate surface area is 125 Å². The van der Waals surface area contributed by atoms with Crippen LogP contribution in [0, 0.1) is 18.3 Å². The third-order valence-electron chi connectivity index (χ3n) is 3.74. The van der Waals surface area contributed by atoms with Crippen LogP contribution in [-0.4, -0.2) is 12.6 Å². The molecule has 1 unspecified atom stereocenters. The molecule has 0 aromatic heterocycles. The van der Waals surface area contributed by atoms with E-state index >= 15 is 0 Å². The van der Waals surface area contributed by atoms with Gasteiger partial charge in [0.1, 0.15) is 11.9 Å². The Morgan fingerprint density at radius 3 is 2.81 bits per heavy atom. The molecule has 0 fully saturated rings. The van der Waals surface area contributed by atoms with Crippen LogP contribution in [0.15, 0.2) is 42.5 Å². The fraction of sp³-hybridized carbons (Fsp3) is 0.278. The summed E-state index contributed by atoms with van der Waals surface area (Å²) in [6, 6.07) is 16.2. The molecule has 0 spiro atoms. The molecule has 0 aliphatic carbocycles. The zero-order valence-electron chi connectivity index (χ0n) is 12.1. The summed E-state index contributed by atoms with van der Waals surface area (Å²) in [5.74, 6) is 1.02. The van der Waals surface area contributed by atoms with E-state index in [1.165, 1.54) is 16.7 Å². The van der Waals surface area contributed by atoms with Crippen LogP contribution < -0.4 is 10.1 Å². The molecule has 0 radical (unpaired) electrons. The number of benzene rings is 2. The predicted molar refractivity (Wildman–Crippen MR) is 82.2 cm³/mol. The van der Waals surface area contributed by atoms with Crippen molar-refractivity contribution < 1.29 is 4.74 Å². The van der Waals surface area contributed by atoms with Crippen LogP contribution in [0.25, 0.3) is 0 Å². The Balaban J connectivity index is 1.50. The van der Waals surface area contributed by atoms with Crippen molar-refractivity contribution in [1.82, 2.24) is 5.32 Å². The fourth-order valence-corrected chi connectivity index (χ4v) is 2.64. The van der Waals surface area contributed by atoms with Crippen molar-refractivity contribution in [1.29, 1.82) is 5.26 Å². The Bertz CT molecular complexity index is 671. The normalized spacial score (nSPS) is 16.1. The molecule has 2 aromatic rings. The smallest absolute Gasteiger partial charge is 0.123 e. The van der Waals surface area contributed by atoms with Crippen molar-refractivity contribution in [2.75, 3.05) is 6.54 Å². The Hall–Kier alpha value is -2.31. The number of hydrogen-bond donors (Lipinski definition) is 1. The second-order valence-electron chi connectivity index (χ2n) is 5.49. The third-order valence-corrected chi connectivity index (χ3v) is 3.74. The van der Waals surface area contributed by atoms with E-state index in [1.54, 1.807) is 0 Å². The highest BCUT2D eigenvalue weighted by molar-refractivity contribution is 5.40. The quantitative estimate of drug-likeness (QED) is 0.935. The molecule has 1 aliphatic heterocycles. The highest BCUT2D eigenvalue weighted by Gasteiger charge is 2.22. The first-order valence-corrected chi connectivity index (χ1v) is 7.20. The predicted octanol–water partition coefficient (Wildman–Crippen LogP) is 2.96. The summed E-state index contributed by atoms with van der Waals surface area (Å²) in [6.45, 7) is 3.73. The van der Waals surface area contributed by atoms with Gasteiger partial charge in [-0.3, -0.25) is 0 Å². The van der Waals surface area contributed by atoms with Crippen LogP contribution in [0.2, 0.25) is 0 Å². The Morgan fingerprint density at radius 1 is 1.24 bits per heavy atom. The van der Waals surface area contributed by atoms with Gasteiger partial charge in [0.15, 0.2) is 0 Å². The van der Waals surface area contributed by atoms with Gasteiger partial charge in [-0.1, -0.05) is 29.8 Å². The number of nitrogens with one attached hydrogen (secondary N) is 1. The average Bonchev–Trinajstić information content (AvgIpc) is 2.89. The van der Waals surface area contributed by atoms with Gasteiger partial charge in [0.2, 0.25) is 0 Å². The third kappa shape index (κ3) is 3.24. The maximum Gasteiger partial charge on any atom is 0.123 e. The summed E-state index contributed by atoms with van der Waals surface area (Å²) in [7, 11) is 0. The second-order valence-corrected chi connectivity index (χ2v) is 5.49. The number of hydrogen-bond acceptors (Lipinski definition) is 3. The van der Waals surface area contributed by atoms with Crippen LogP contribution in [0.5, 0.6) is 5.75 Å². The average molecular weight is 278 g/mol. The molecule has 1 heterocycles. The Morgan fingerprint density at radius 2 is 2.05 bits per heavy atom. The van der Waals surface area contributed by atoms with Crippen molar-refractivity contribution >= 4 is 0 Å². The van der Waals surface area contributed by atoms with Crippen LogP contribution in [0.4, 0.5) is 0 Å². The van der Waals surface area contributed by atoms with Crippen molar-refractivity contribution in [2.45, 2.75) is 26.0 Å². The van der Waals surface area contributed by atoms with Gasteiger partial charge in [-0.25, -0.2) is 0 Å². The summed E-state index contributed by atoms with van der Waals surface area (Å²) in [6.07, 6.45) is 1.18. The number of nitriles is 1. The molecule has 1 aliphatic rings. The maximum absolute atomic E-state index is 8.77. The van der Waals surface area contributed by atoms with Gasteiger partial charge in [-0.15, -0.1) is 0 Å². The van der Waals surface area contributed by atoms with Crippen molar-refractivity contribution in [3.05, 3.63) is 64.7 Å². The van der Waals surface area contributed by atoms with E-state index in [0.717, 1.165) is 25.3 Å². The molecule has 3 heteroatoms. The summed E-state index contributed by atoms with van der Waals surface area (Å²) in [4.78, 5) is 0. The number of rotatable bonds is 4. The van der Waals surface area contributed by atoms with Gasteiger partial charge < -0.3 is 10.1 Å². The van der Waals surface area contributed by atoms with E-state index in [4.69, 9.17) is 10.00 Å². The van der Waals surface area contributed by atoms with Crippen LogP contribution in [0.3, 0.4) is 0 Å². The lowest BCUT2D eigenvalue weighted by Gasteiger charge is -2.12. The van der Waals surface area contributed by atoms with E-state index in [-0.39, 0.29) is 6.10 Å². The van der Waals surface area contributed by atoms with Gasteiger partial charge >= 0.3 is 0 Å². The fourth-order valence-electron chi connectivity index (χ4n) is 2.64. The molecule has 1 N–H and O–H groups in total. The summed E-state index contributed by atoms with van der Waals surface area (Å²) < 4.78 is 5.93. The number of aryl methyl sites for hydroxylation is 1. The molecule has 2 aromatic carbocycles. The molecular formula is C18H18N2O. The summed E-state index contributed by atoms with van der Waals surface area (Å²) >= 11 is 0. The highest BCUT2D eigenvalue weighted by Crippen LogP contribution is 2.29. The van der Waals surface area contributed by atoms with Crippen LogP contribution in [-0.2, 0) is 13.0 Å². The topological polar surface area (TPSA) is 45.0 Å². The van der Waals surface area contributed by atoms with Crippen molar-refractivity contribution in [2.24, 2.45) is 0 Å². The minimum absolute atomic E-state index is 0.209. The van der Waals surface area contributed by atoms with Crippen molar-refractivity contribution in [3.8, 4) is 11.8 Å². The molecule has 0 saturated heterocycles. The first kappa shape index (κ1) is 13.7. The first-order valence-electron chi connectivity index (χ1n) is 7.20. The van der Waals surface area contributed by atoms with E-state index < -0.39 is 0 Å². The van der Waals surface area contributed by atoms with E-state index in [0.29, 0.717) is 5.56 Å². The van der Waals surface area contributed by atoms with Gasteiger partial charge in [-0.2, -0.15) is 5.26 Å². The minimum atomic E-state index is 0.209. The first-order chi connectivity index (χ1) is 10.2. The number of fused-ring (bicyclic) bond motifs is 1.